The average molecular weight is 267 g/mol. The Morgan fingerprint density at radius 2 is 1.67 bits per heavy atom. The van der Waals surface area contributed by atoms with Crippen molar-refractivity contribution in [3.05, 3.63) is 12.2 Å². The van der Waals surface area contributed by atoms with E-state index < -0.39 is 8.32 Å². The summed E-state index contributed by atoms with van der Waals surface area (Å²) in [6.45, 7) is 15.3. The van der Waals surface area contributed by atoms with Gasteiger partial charge in [-0.3, -0.25) is 0 Å². The van der Waals surface area contributed by atoms with E-state index in [-0.39, 0.29) is 0 Å². The lowest BCUT2D eigenvalue weighted by atomic mass is 10.1. The van der Waals surface area contributed by atoms with E-state index in [1.807, 2.05) is 0 Å². The largest absolute Gasteiger partial charge is 0.415 e. The second kappa shape index (κ2) is 4.79. The molecule has 0 bridgehead atoms. The van der Waals surface area contributed by atoms with Crippen LogP contribution < -0.4 is 0 Å². The van der Waals surface area contributed by atoms with Gasteiger partial charge in [0.15, 0.2) is 8.32 Å². The van der Waals surface area contributed by atoms with Gasteiger partial charge in [0.2, 0.25) is 0 Å². The van der Waals surface area contributed by atoms with Crippen molar-refractivity contribution in [3.8, 4) is 0 Å². The summed E-state index contributed by atoms with van der Waals surface area (Å²) in [5.74, 6) is 0.843. The maximum atomic E-state index is 6.74. The molecular formula is C16H30OSi. The SMILES string of the molecule is CC(C)[Si](OC[C@@]12CC=C[C@H]1C2)(C(C)C)C(C)C. The van der Waals surface area contributed by atoms with E-state index in [2.05, 4.69) is 53.7 Å². The first kappa shape index (κ1) is 14.3. The number of hydrogen-bond donors (Lipinski definition) is 0. The second-order valence-corrected chi connectivity index (χ2v) is 12.9. The van der Waals surface area contributed by atoms with E-state index in [9.17, 15) is 0 Å². The van der Waals surface area contributed by atoms with Crippen LogP contribution in [0.25, 0.3) is 0 Å². The van der Waals surface area contributed by atoms with Crippen LogP contribution in [0.4, 0.5) is 0 Å². The van der Waals surface area contributed by atoms with Gasteiger partial charge in [-0.2, -0.15) is 0 Å². The molecule has 0 N–H and O–H groups in total. The minimum atomic E-state index is -1.64. The molecule has 0 radical (unpaired) electrons. The molecule has 0 amide bonds. The Hall–Kier alpha value is -0.0831. The highest BCUT2D eigenvalue weighted by molar-refractivity contribution is 6.77. The van der Waals surface area contributed by atoms with Crippen molar-refractivity contribution < 1.29 is 4.43 Å². The third-order valence-corrected chi connectivity index (χ3v) is 11.5. The fourth-order valence-corrected chi connectivity index (χ4v) is 9.88. The Kier molecular flexibility index (Phi) is 3.81. The molecule has 2 rings (SSSR count). The predicted octanol–water partition coefficient (Wildman–Crippen LogP) is 5.14. The van der Waals surface area contributed by atoms with Gasteiger partial charge < -0.3 is 4.43 Å². The molecule has 1 saturated carbocycles. The second-order valence-electron chi connectivity index (χ2n) is 7.41. The number of rotatable bonds is 6. The van der Waals surface area contributed by atoms with E-state index >= 15 is 0 Å². The van der Waals surface area contributed by atoms with Crippen LogP contribution in [0.1, 0.15) is 54.4 Å². The standard InChI is InChI=1S/C16H30OSi/c1-12(2)18(13(3)4,14(5)6)17-11-16-9-7-8-15(16)10-16/h7-8,12-15H,9-11H2,1-6H3/t15-,16-/m0/s1. The highest BCUT2D eigenvalue weighted by atomic mass is 28.4. The van der Waals surface area contributed by atoms with Crippen LogP contribution in [0.3, 0.4) is 0 Å². The van der Waals surface area contributed by atoms with Crippen molar-refractivity contribution in [1.29, 1.82) is 0 Å². The molecule has 0 saturated heterocycles. The molecule has 0 aromatic rings. The van der Waals surface area contributed by atoms with Gasteiger partial charge in [-0.05, 0) is 35.4 Å². The van der Waals surface area contributed by atoms with Crippen LogP contribution in [0.15, 0.2) is 12.2 Å². The van der Waals surface area contributed by atoms with E-state index in [4.69, 9.17) is 4.43 Å². The van der Waals surface area contributed by atoms with Crippen LogP contribution in [0.5, 0.6) is 0 Å². The summed E-state index contributed by atoms with van der Waals surface area (Å²) in [7, 11) is -1.64. The normalized spacial score (nSPS) is 30.6. The van der Waals surface area contributed by atoms with Crippen LogP contribution in [0, 0.1) is 11.3 Å². The van der Waals surface area contributed by atoms with Gasteiger partial charge in [0.1, 0.15) is 0 Å². The molecule has 1 fully saturated rings. The van der Waals surface area contributed by atoms with Crippen molar-refractivity contribution in [2.75, 3.05) is 6.61 Å². The van der Waals surface area contributed by atoms with E-state index in [0.717, 1.165) is 12.5 Å². The van der Waals surface area contributed by atoms with E-state index in [0.29, 0.717) is 22.0 Å². The number of hydrogen-bond acceptors (Lipinski definition) is 1. The minimum absolute atomic E-state index is 0.525. The molecule has 2 atom stereocenters. The van der Waals surface area contributed by atoms with Gasteiger partial charge >= 0.3 is 0 Å². The fraction of sp³-hybridized carbons (Fsp3) is 0.875. The van der Waals surface area contributed by atoms with Gasteiger partial charge in [0, 0.05) is 12.0 Å². The Bertz CT molecular complexity index is 310. The third kappa shape index (κ3) is 2.12. The lowest BCUT2D eigenvalue weighted by molar-refractivity contribution is 0.205. The Morgan fingerprint density at radius 3 is 2.00 bits per heavy atom. The monoisotopic (exact) mass is 266 g/mol. The first-order chi connectivity index (χ1) is 8.35. The molecule has 2 aliphatic rings. The quantitative estimate of drug-likeness (QED) is 0.477. The predicted molar refractivity (Wildman–Crippen MR) is 81.3 cm³/mol. The summed E-state index contributed by atoms with van der Waals surface area (Å²) < 4.78 is 6.74. The molecule has 0 spiro atoms. The third-order valence-electron chi connectivity index (χ3n) is 5.46. The Morgan fingerprint density at radius 1 is 1.11 bits per heavy atom. The van der Waals surface area contributed by atoms with Crippen molar-refractivity contribution >= 4 is 8.32 Å². The smallest absolute Gasteiger partial charge is 0.200 e. The number of allylic oxidation sites excluding steroid dienone is 2. The zero-order valence-corrected chi connectivity index (χ0v) is 14.0. The van der Waals surface area contributed by atoms with Crippen LogP contribution >= 0.6 is 0 Å². The van der Waals surface area contributed by atoms with Gasteiger partial charge in [0.25, 0.3) is 0 Å². The summed E-state index contributed by atoms with van der Waals surface area (Å²) in [4.78, 5) is 0. The zero-order chi connectivity index (χ0) is 13.6. The lowest BCUT2D eigenvalue weighted by Crippen LogP contribution is -2.48. The first-order valence-corrected chi connectivity index (χ1v) is 9.80. The topological polar surface area (TPSA) is 9.23 Å². The summed E-state index contributed by atoms with van der Waals surface area (Å²) >= 11 is 0. The number of fused-ring (bicyclic) bond motifs is 1. The summed E-state index contributed by atoms with van der Waals surface area (Å²) in [6.07, 6.45) is 7.41. The van der Waals surface area contributed by atoms with Crippen LogP contribution in [-0.4, -0.2) is 14.9 Å². The molecule has 0 unspecified atom stereocenters. The maximum Gasteiger partial charge on any atom is 0.200 e. The molecule has 2 heteroatoms. The molecule has 0 aromatic carbocycles. The van der Waals surface area contributed by atoms with E-state index in [1.54, 1.807) is 0 Å². The highest BCUT2D eigenvalue weighted by Gasteiger charge is 2.56. The molecule has 104 valence electrons. The maximum absolute atomic E-state index is 6.74. The summed E-state index contributed by atoms with van der Waals surface area (Å²) in [5.41, 5.74) is 2.65. The molecular weight excluding hydrogens is 236 g/mol. The van der Waals surface area contributed by atoms with E-state index in [1.165, 1.54) is 12.8 Å². The molecule has 0 heterocycles. The van der Waals surface area contributed by atoms with Crippen LogP contribution in [0.2, 0.25) is 16.6 Å². The summed E-state index contributed by atoms with van der Waals surface area (Å²) in [6, 6.07) is 0. The van der Waals surface area contributed by atoms with Gasteiger partial charge in [0.05, 0.1) is 0 Å². The van der Waals surface area contributed by atoms with Gasteiger partial charge in [-0.25, -0.2) is 0 Å². The first-order valence-electron chi connectivity index (χ1n) is 7.66. The molecule has 1 nitrogen and oxygen atoms in total. The van der Waals surface area contributed by atoms with Crippen molar-refractivity contribution in [1.82, 2.24) is 0 Å². The lowest BCUT2D eigenvalue weighted by Gasteiger charge is -2.43. The Balaban J connectivity index is 2.06. The van der Waals surface area contributed by atoms with Crippen LogP contribution in [-0.2, 0) is 4.43 Å². The molecule has 2 aliphatic carbocycles. The zero-order valence-electron chi connectivity index (χ0n) is 13.0. The van der Waals surface area contributed by atoms with Crippen molar-refractivity contribution in [2.24, 2.45) is 11.3 Å². The highest BCUT2D eigenvalue weighted by Crippen LogP contribution is 2.61. The molecule has 0 aromatic heterocycles. The van der Waals surface area contributed by atoms with Gasteiger partial charge in [-0.15, -0.1) is 0 Å². The minimum Gasteiger partial charge on any atom is -0.415 e. The summed E-state index contributed by atoms with van der Waals surface area (Å²) in [5, 5.41) is 0. The average Bonchev–Trinajstić information content (AvgIpc) is 2.79. The van der Waals surface area contributed by atoms with Crippen molar-refractivity contribution in [3.63, 3.8) is 0 Å². The fourth-order valence-electron chi connectivity index (χ4n) is 4.35. The van der Waals surface area contributed by atoms with Gasteiger partial charge in [-0.1, -0.05) is 53.7 Å². The molecule has 18 heavy (non-hydrogen) atoms. The Labute approximate surface area is 114 Å². The molecule has 0 aliphatic heterocycles. The van der Waals surface area contributed by atoms with Crippen molar-refractivity contribution in [2.45, 2.75) is 71.0 Å².